The largest absolute Gasteiger partial charge is 0.352 e. The Hall–Kier alpha value is -2.08. The summed E-state index contributed by atoms with van der Waals surface area (Å²) in [5.74, 6) is 0.851. The van der Waals surface area contributed by atoms with E-state index in [1.807, 2.05) is 29.2 Å². The highest BCUT2D eigenvalue weighted by atomic mass is 35.5. The lowest BCUT2D eigenvalue weighted by molar-refractivity contribution is 0.197. The molecule has 1 atom stereocenters. The minimum absolute atomic E-state index is 0.0326. The number of hydrogen-bond donors (Lipinski definition) is 1. The Bertz CT molecular complexity index is 722. The second-order valence-corrected chi connectivity index (χ2v) is 5.65. The SMILES string of the molecule is O=C1NCC2CN(c3nc(Cl)nc4ccccc34)CCN12. The van der Waals surface area contributed by atoms with Gasteiger partial charge in [0.15, 0.2) is 0 Å². The van der Waals surface area contributed by atoms with Crippen LogP contribution in [-0.4, -0.2) is 53.1 Å². The fraction of sp³-hybridized carbons (Fsp3) is 0.357. The Labute approximate surface area is 126 Å². The van der Waals surface area contributed by atoms with E-state index in [1.54, 1.807) is 0 Å². The lowest BCUT2D eigenvalue weighted by Gasteiger charge is -2.37. The number of benzene rings is 1. The number of rotatable bonds is 1. The molecule has 1 unspecified atom stereocenters. The molecule has 0 saturated carbocycles. The van der Waals surface area contributed by atoms with E-state index in [0.29, 0.717) is 13.1 Å². The van der Waals surface area contributed by atoms with Gasteiger partial charge in [0.25, 0.3) is 0 Å². The Kier molecular flexibility index (Phi) is 2.85. The number of halogens is 1. The monoisotopic (exact) mass is 303 g/mol. The highest BCUT2D eigenvalue weighted by molar-refractivity contribution is 6.28. The number of aromatic nitrogens is 2. The summed E-state index contributed by atoms with van der Waals surface area (Å²) in [6.45, 7) is 2.90. The van der Waals surface area contributed by atoms with Crippen LogP contribution < -0.4 is 10.2 Å². The van der Waals surface area contributed by atoms with Crippen molar-refractivity contribution in [3.05, 3.63) is 29.5 Å². The van der Waals surface area contributed by atoms with Crippen LogP contribution >= 0.6 is 11.6 Å². The fourth-order valence-corrected chi connectivity index (χ4v) is 3.24. The highest BCUT2D eigenvalue weighted by Gasteiger charge is 2.36. The van der Waals surface area contributed by atoms with E-state index in [9.17, 15) is 4.79 Å². The number of anilines is 1. The number of nitrogens with one attached hydrogen (secondary N) is 1. The standard InChI is InChI=1S/C14H14ClN5O/c15-13-17-11-4-2-1-3-10(11)12(18-13)19-5-6-20-9(8-19)7-16-14(20)21/h1-4,9H,5-8H2,(H,16,21). The minimum Gasteiger partial charge on any atom is -0.352 e. The predicted molar refractivity (Wildman–Crippen MR) is 80.7 cm³/mol. The summed E-state index contributed by atoms with van der Waals surface area (Å²) < 4.78 is 0. The average Bonchev–Trinajstić information content (AvgIpc) is 2.87. The number of urea groups is 1. The molecule has 0 aliphatic carbocycles. The molecule has 1 aromatic carbocycles. The van der Waals surface area contributed by atoms with Gasteiger partial charge in [-0.1, -0.05) is 12.1 Å². The Morgan fingerprint density at radius 3 is 3.00 bits per heavy atom. The molecule has 3 heterocycles. The van der Waals surface area contributed by atoms with E-state index in [1.165, 1.54) is 0 Å². The van der Waals surface area contributed by atoms with Gasteiger partial charge in [-0.25, -0.2) is 9.78 Å². The Balaban J connectivity index is 1.72. The number of carbonyl (C=O) groups excluding carboxylic acids is 1. The summed E-state index contributed by atoms with van der Waals surface area (Å²) in [7, 11) is 0. The molecule has 0 bridgehead atoms. The summed E-state index contributed by atoms with van der Waals surface area (Å²) in [5.41, 5.74) is 0.843. The molecule has 1 N–H and O–H groups in total. The van der Waals surface area contributed by atoms with Crippen molar-refractivity contribution < 1.29 is 4.79 Å². The van der Waals surface area contributed by atoms with E-state index in [0.717, 1.165) is 29.8 Å². The van der Waals surface area contributed by atoms with Gasteiger partial charge in [-0.3, -0.25) is 0 Å². The third-order valence-electron chi connectivity index (χ3n) is 4.09. The zero-order valence-electron chi connectivity index (χ0n) is 11.3. The van der Waals surface area contributed by atoms with Crippen LogP contribution in [0.2, 0.25) is 5.28 Å². The molecule has 2 aromatic rings. The smallest absolute Gasteiger partial charge is 0.317 e. The quantitative estimate of drug-likeness (QED) is 0.811. The van der Waals surface area contributed by atoms with E-state index in [2.05, 4.69) is 20.2 Å². The number of piperazine rings is 1. The average molecular weight is 304 g/mol. The maximum atomic E-state index is 11.7. The van der Waals surface area contributed by atoms with E-state index < -0.39 is 0 Å². The molecule has 6 nitrogen and oxygen atoms in total. The molecule has 2 fully saturated rings. The van der Waals surface area contributed by atoms with Gasteiger partial charge in [-0.15, -0.1) is 0 Å². The first kappa shape index (κ1) is 12.6. The van der Waals surface area contributed by atoms with Crippen LogP contribution in [-0.2, 0) is 0 Å². The maximum absolute atomic E-state index is 11.7. The number of fused-ring (bicyclic) bond motifs is 2. The van der Waals surface area contributed by atoms with Crippen molar-refractivity contribution in [2.75, 3.05) is 31.1 Å². The summed E-state index contributed by atoms with van der Waals surface area (Å²) in [5, 5.41) is 4.13. The third-order valence-corrected chi connectivity index (χ3v) is 4.26. The topological polar surface area (TPSA) is 61.4 Å². The summed E-state index contributed by atoms with van der Waals surface area (Å²) in [6.07, 6.45) is 0. The van der Waals surface area contributed by atoms with Crippen molar-refractivity contribution >= 4 is 34.4 Å². The van der Waals surface area contributed by atoms with Gasteiger partial charge in [-0.2, -0.15) is 4.98 Å². The zero-order valence-corrected chi connectivity index (χ0v) is 12.0. The first-order valence-corrected chi connectivity index (χ1v) is 7.32. The molecule has 2 saturated heterocycles. The molecule has 1 aromatic heterocycles. The van der Waals surface area contributed by atoms with Crippen molar-refractivity contribution in [3.8, 4) is 0 Å². The summed E-state index contributed by atoms with van der Waals surface area (Å²) in [4.78, 5) is 24.4. The van der Waals surface area contributed by atoms with Crippen molar-refractivity contribution in [1.82, 2.24) is 20.2 Å². The molecule has 2 aliphatic rings. The van der Waals surface area contributed by atoms with Crippen LogP contribution in [0.4, 0.5) is 10.6 Å². The summed E-state index contributed by atoms with van der Waals surface area (Å²) >= 11 is 6.05. The van der Waals surface area contributed by atoms with Gasteiger partial charge in [0.1, 0.15) is 5.82 Å². The minimum atomic E-state index is 0.0326. The van der Waals surface area contributed by atoms with Crippen molar-refractivity contribution in [1.29, 1.82) is 0 Å². The Morgan fingerprint density at radius 2 is 2.10 bits per heavy atom. The van der Waals surface area contributed by atoms with Crippen molar-refractivity contribution in [3.63, 3.8) is 0 Å². The molecule has 108 valence electrons. The predicted octanol–water partition coefficient (Wildman–Crippen LogP) is 1.50. The van der Waals surface area contributed by atoms with E-state index in [4.69, 9.17) is 11.6 Å². The molecule has 2 amide bonds. The van der Waals surface area contributed by atoms with Crippen LogP contribution in [0, 0.1) is 0 Å². The number of para-hydroxylation sites is 1. The number of hydrogen-bond acceptors (Lipinski definition) is 4. The van der Waals surface area contributed by atoms with E-state index >= 15 is 0 Å². The third kappa shape index (κ3) is 2.06. The zero-order chi connectivity index (χ0) is 14.4. The van der Waals surface area contributed by atoms with Gasteiger partial charge in [0.05, 0.1) is 11.6 Å². The Morgan fingerprint density at radius 1 is 1.24 bits per heavy atom. The number of amides is 2. The van der Waals surface area contributed by atoms with Crippen LogP contribution in [0.25, 0.3) is 10.9 Å². The highest BCUT2D eigenvalue weighted by Crippen LogP contribution is 2.27. The lowest BCUT2D eigenvalue weighted by Crippen LogP contribution is -2.52. The molecular weight excluding hydrogens is 290 g/mol. The number of nitrogens with zero attached hydrogens (tertiary/aromatic N) is 4. The lowest BCUT2D eigenvalue weighted by atomic mass is 10.1. The maximum Gasteiger partial charge on any atom is 0.317 e. The van der Waals surface area contributed by atoms with Gasteiger partial charge in [-0.05, 0) is 23.7 Å². The van der Waals surface area contributed by atoms with Gasteiger partial charge in [0.2, 0.25) is 5.28 Å². The van der Waals surface area contributed by atoms with Crippen LogP contribution in [0.5, 0.6) is 0 Å². The molecule has 7 heteroatoms. The molecule has 2 aliphatic heterocycles. The van der Waals surface area contributed by atoms with Crippen LogP contribution in [0.1, 0.15) is 0 Å². The summed E-state index contributed by atoms with van der Waals surface area (Å²) in [6, 6.07) is 8.07. The van der Waals surface area contributed by atoms with Crippen LogP contribution in [0.3, 0.4) is 0 Å². The number of carbonyl (C=O) groups is 1. The molecular formula is C14H14ClN5O. The fourth-order valence-electron chi connectivity index (χ4n) is 3.07. The van der Waals surface area contributed by atoms with Crippen molar-refractivity contribution in [2.45, 2.75) is 6.04 Å². The van der Waals surface area contributed by atoms with Gasteiger partial charge < -0.3 is 15.1 Å². The molecule has 4 rings (SSSR count). The first-order chi connectivity index (χ1) is 10.2. The van der Waals surface area contributed by atoms with Crippen LogP contribution in [0.15, 0.2) is 24.3 Å². The normalized spacial score (nSPS) is 21.6. The van der Waals surface area contributed by atoms with Gasteiger partial charge >= 0.3 is 6.03 Å². The molecule has 21 heavy (non-hydrogen) atoms. The van der Waals surface area contributed by atoms with Gasteiger partial charge in [0, 0.05) is 31.6 Å². The van der Waals surface area contributed by atoms with E-state index in [-0.39, 0.29) is 17.4 Å². The second-order valence-electron chi connectivity index (χ2n) is 5.31. The molecule has 0 spiro atoms. The molecule has 0 radical (unpaired) electrons. The first-order valence-electron chi connectivity index (χ1n) is 6.94. The second kappa shape index (κ2) is 4.73. The van der Waals surface area contributed by atoms with Crippen molar-refractivity contribution in [2.24, 2.45) is 0 Å².